The zero-order valence-electron chi connectivity index (χ0n) is 15.9. The number of morpholine rings is 1. The summed E-state index contributed by atoms with van der Waals surface area (Å²) in [6.45, 7) is 3.79. The van der Waals surface area contributed by atoms with Crippen molar-refractivity contribution in [3.63, 3.8) is 0 Å². The van der Waals surface area contributed by atoms with Gasteiger partial charge < -0.3 is 9.64 Å². The quantitative estimate of drug-likeness (QED) is 0.475. The fourth-order valence-electron chi connectivity index (χ4n) is 2.96. The molecule has 1 fully saturated rings. The molecule has 1 saturated heterocycles. The van der Waals surface area contributed by atoms with E-state index in [1.165, 1.54) is 5.56 Å². The van der Waals surface area contributed by atoms with Gasteiger partial charge in [0.2, 0.25) is 5.91 Å². The molecule has 0 radical (unpaired) electrons. The van der Waals surface area contributed by atoms with Gasteiger partial charge in [0.05, 0.1) is 44.3 Å². The van der Waals surface area contributed by atoms with E-state index in [-0.39, 0.29) is 12.3 Å². The van der Waals surface area contributed by atoms with E-state index in [1.54, 1.807) is 23.7 Å². The number of hydrazone groups is 1. The summed E-state index contributed by atoms with van der Waals surface area (Å²) in [4.78, 5) is 18.8. The second-order valence-corrected chi connectivity index (χ2v) is 7.48. The number of thiazole rings is 1. The normalized spacial score (nSPS) is 14.4. The number of amides is 1. The predicted molar refractivity (Wildman–Crippen MR) is 112 cm³/mol. The molecular formula is C20H22N6O2S. The van der Waals surface area contributed by atoms with E-state index in [9.17, 15) is 4.79 Å². The summed E-state index contributed by atoms with van der Waals surface area (Å²) in [6.07, 6.45) is 5.39. The minimum Gasteiger partial charge on any atom is -0.378 e. The van der Waals surface area contributed by atoms with Gasteiger partial charge >= 0.3 is 0 Å². The summed E-state index contributed by atoms with van der Waals surface area (Å²) in [5.74, 6) is -0.197. The van der Waals surface area contributed by atoms with Crippen molar-refractivity contribution in [3.8, 4) is 0 Å². The highest BCUT2D eigenvalue weighted by Crippen LogP contribution is 2.21. The fraction of sp³-hybridized carbons (Fsp3) is 0.300. The Kier molecular flexibility index (Phi) is 6.28. The van der Waals surface area contributed by atoms with E-state index in [0.717, 1.165) is 29.5 Å². The van der Waals surface area contributed by atoms with Crippen LogP contribution in [0.25, 0.3) is 0 Å². The van der Waals surface area contributed by atoms with E-state index in [4.69, 9.17) is 4.74 Å². The number of carbonyl (C=O) groups is 1. The molecule has 0 unspecified atom stereocenters. The second-order valence-electron chi connectivity index (χ2n) is 6.65. The first kappa shape index (κ1) is 19.3. The van der Waals surface area contributed by atoms with Crippen LogP contribution in [0.4, 0.5) is 5.13 Å². The van der Waals surface area contributed by atoms with Gasteiger partial charge in [-0.15, -0.1) is 11.3 Å². The van der Waals surface area contributed by atoms with Crippen LogP contribution in [0.1, 0.15) is 16.8 Å². The minimum absolute atomic E-state index is 0.197. The first-order chi connectivity index (χ1) is 14.3. The molecule has 1 amide bonds. The number of hydrogen-bond donors (Lipinski definition) is 1. The molecule has 3 heterocycles. The molecule has 0 atom stereocenters. The highest BCUT2D eigenvalue weighted by Gasteiger charge is 2.15. The first-order valence-corrected chi connectivity index (χ1v) is 10.3. The Balaban J connectivity index is 1.25. The van der Waals surface area contributed by atoms with Gasteiger partial charge in [-0.05, 0) is 5.56 Å². The van der Waals surface area contributed by atoms with Gasteiger partial charge in [0.1, 0.15) is 0 Å². The zero-order chi connectivity index (χ0) is 19.9. The van der Waals surface area contributed by atoms with Gasteiger partial charge in [-0.1, -0.05) is 30.3 Å². The second kappa shape index (κ2) is 9.44. The van der Waals surface area contributed by atoms with E-state index >= 15 is 0 Å². The smallest absolute Gasteiger partial charge is 0.246 e. The van der Waals surface area contributed by atoms with Crippen LogP contribution < -0.4 is 10.3 Å². The highest BCUT2D eigenvalue weighted by atomic mass is 32.1. The molecule has 1 aromatic carbocycles. The maximum Gasteiger partial charge on any atom is 0.246 e. The SMILES string of the molecule is O=C(Cc1csc(N2CCOCC2)n1)N/N=C\c1cnn(Cc2ccccc2)c1. The van der Waals surface area contributed by atoms with Crippen molar-refractivity contribution in [2.24, 2.45) is 5.10 Å². The first-order valence-electron chi connectivity index (χ1n) is 9.42. The number of rotatable bonds is 7. The molecule has 1 aliphatic heterocycles. The average Bonchev–Trinajstić information content (AvgIpc) is 3.39. The van der Waals surface area contributed by atoms with Crippen molar-refractivity contribution < 1.29 is 9.53 Å². The van der Waals surface area contributed by atoms with E-state index in [1.807, 2.05) is 34.5 Å². The third-order valence-electron chi connectivity index (χ3n) is 4.41. The molecule has 9 heteroatoms. The molecule has 2 aromatic heterocycles. The minimum atomic E-state index is -0.197. The van der Waals surface area contributed by atoms with Crippen LogP contribution in [0, 0.1) is 0 Å². The molecular weight excluding hydrogens is 388 g/mol. The Morgan fingerprint density at radius 3 is 2.93 bits per heavy atom. The zero-order valence-corrected chi connectivity index (χ0v) is 16.7. The summed E-state index contributed by atoms with van der Waals surface area (Å²) in [6, 6.07) is 10.1. The Hall–Kier alpha value is -3.04. The van der Waals surface area contributed by atoms with Gasteiger partial charge in [0, 0.05) is 30.2 Å². The van der Waals surface area contributed by atoms with E-state index in [2.05, 4.69) is 37.6 Å². The largest absolute Gasteiger partial charge is 0.378 e. The van der Waals surface area contributed by atoms with Crippen molar-refractivity contribution in [2.45, 2.75) is 13.0 Å². The lowest BCUT2D eigenvalue weighted by Gasteiger charge is -2.26. The number of nitrogens with zero attached hydrogens (tertiary/aromatic N) is 5. The highest BCUT2D eigenvalue weighted by molar-refractivity contribution is 7.13. The van der Waals surface area contributed by atoms with Gasteiger partial charge in [0.15, 0.2) is 5.13 Å². The summed E-state index contributed by atoms with van der Waals surface area (Å²) in [5, 5.41) is 11.2. The Labute approximate surface area is 172 Å². The molecule has 1 N–H and O–H groups in total. The maximum atomic E-state index is 12.1. The molecule has 29 heavy (non-hydrogen) atoms. The lowest BCUT2D eigenvalue weighted by molar-refractivity contribution is -0.120. The maximum absolute atomic E-state index is 12.1. The molecule has 3 aromatic rings. The number of nitrogens with one attached hydrogen (secondary N) is 1. The molecule has 0 saturated carbocycles. The fourth-order valence-corrected chi connectivity index (χ4v) is 3.84. The topological polar surface area (TPSA) is 84.6 Å². The molecule has 150 valence electrons. The summed E-state index contributed by atoms with van der Waals surface area (Å²) in [5.41, 5.74) is 5.30. The Bertz CT molecular complexity index is 962. The molecule has 1 aliphatic rings. The molecule has 4 rings (SSSR count). The van der Waals surface area contributed by atoms with Crippen molar-refractivity contribution >= 4 is 28.6 Å². The number of ether oxygens (including phenoxy) is 1. The molecule has 0 bridgehead atoms. The Morgan fingerprint density at radius 1 is 1.28 bits per heavy atom. The summed E-state index contributed by atoms with van der Waals surface area (Å²) < 4.78 is 7.19. The van der Waals surface area contributed by atoms with E-state index in [0.29, 0.717) is 19.8 Å². The van der Waals surface area contributed by atoms with Crippen molar-refractivity contribution in [2.75, 3.05) is 31.2 Å². The van der Waals surface area contributed by atoms with Crippen LogP contribution >= 0.6 is 11.3 Å². The molecule has 8 nitrogen and oxygen atoms in total. The van der Waals surface area contributed by atoms with Gasteiger partial charge in [-0.25, -0.2) is 10.4 Å². The van der Waals surface area contributed by atoms with E-state index < -0.39 is 0 Å². The summed E-state index contributed by atoms with van der Waals surface area (Å²) in [7, 11) is 0. The summed E-state index contributed by atoms with van der Waals surface area (Å²) >= 11 is 1.55. The number of carbonyl (C=O) groups excluding carboxylic acids is 1. The number of hydrogen-bond acceptors (Lipinski definition) is 7. The third-order valence-corrected chi connectivity index (χ3v) is 5.36. The van der Waals surface area contributed by atoms with Crippen LogP contribution in [-0.2, 0) is 22.5 Å². The van der Waals surface area contributed by atoms with Crippen molar-refractivity contribution in [1.29, 1.82) is 0 Å². The lowest BCUT2D eigenvalue weighted by Crippen LogP contribution is -2.36. The van der Waals surface area contributed by atoms with Gasteiger partial charge in [0.25, 0.3) is 0 Å². The van der Waals surface area contributed by atoms with Gasteiger partial charge in [-0.3, -0.25) is 9.48 Å². The van der Waals surface area contributed by atoms with Crippen molar-refractivity contribution in [3.05, 3.63) is 64.9 Å². The molecule has 0 spiro atoms. The third kappa shape index (κ3) is 5.49. The monoisotopic (exact) mass is 410 g/mol. The lowest BCUT2D eigenvalue weighted by atomic mass is 10.2. The number of anilines is 1. The standard InChI is InChI=1S/C20H22N6O2S/c27-19(10-18-15-29-20(23-18)25-6-8-28-9-7-25)24-21-11-17-12-22-26(14-17)13-16-4-2-1-3-5-16/h1-5,11-12,14-15H,6-10,13H2,(H,24,27)/b21-11-. The number of aromatic nitrogens is 3. The van der Waals surface area contributed by atoms with Crippen LogP contribution in [0.3, 0.4) is 0 Å². The van der Waals surface area contributed by atoms with Crippen LogP contribution in [-0.4, -0.2) is 53.2 Å². The number of benzene rings is 1. The Morgan fingerprint density at radius 2 is 2.10 bits per heavy atom. The van der Waals surface area contributed by atoms with Crippen LogP contribution in [0.2, 0.25) is 0 Å². The van der Waals surface area contributed by atoms with Crippen LogP contribution in [0.5, 0.6) is 0 Å². The predicted octanol–water partition coefficient (Wildman–Crippen LogP) is 1.92. The van der Waals surface area contributed by atoms with Crippen molar-refractivity contribution in [1.82, 2.24) is 20.2 Å². The molecule has 0 aliphatic carbocycles. The van der Waals surface area contributed by atoms with Crippen LogP contribution in [0.15, 0.2) is 53.2 Å². The average molecular weight is 411 g/mol. The van der Waals surface area contributed by atoms with Gasteiger partial charge in [-0.2, -0.15) is 10.2 Å².